The average Bonchev–Trinajstić information content (AvgIpc) is 2.82. The van der Waals surface area contributed by atoms with E-state index in [1.54, 1.807) is 6.07 Å². The van der Waals surface area contributed by atoms with E-state index in [-0.39, 0.29) is 37.3 Å². The molecule has 178 valence electrons. The van der Waals surface area contributed by atoms with E-state index in [4.69, 9.17) is 5.73 Å². The lowest BCUT2D eigenvalue weighted by Gasteiger charge is -2.14. The molecule has 0 aromatic heterocycles. The monoisotopic (exact) mass is 505 g/mol. The van der Waals surface area contributed by atoms with Crippen molar-refractivity contribution in [3.8, 4) is 0 Å². The van der Waals surface area contributed by atoms with Crippen LogP contribution in [0.3, 0.4) is 0 Å². The normalized spacial score (nSPS) is 10.5. The molecule has 0 aliphatic carbocycles. The molecule has 0 saturated heterocycles. The summed E-state index contributed by atoms with van der Waals surface area (Å²) in [6.45, 7) is 0.686. The van der Waals surface area contributed by atoms with Crippen LogP contribution < -0.4 is 16.4 Å². The van der Waals surface area contributed by atoms with Gasteiger partial charge in [0, 0.05) is 11.9 Å². The van der Waals surface area contributed by atoms with Gasteiger partial charge < -0.3 is 16.4 Å². The van der Waals surface area contributed by atoms with Crippen LogP contribution in [0.1, 0.15) is 15.9 Å². The number of benzene rings is 5. The molecule has 0 fully saturated rings. The van der Waals surface area contributed by atoms with Crippen molar-refractivity contribution in [1.29, 1.82) is 0 Å². The van der Waals surface area contributed by atoms with Gasteiger partial charge in [-0.05, 0) is 62.8 Å². The number of nitrogens with one attached hydrogen (secondary N) is 2. The van der Waals surface area contributed by atoms with Gasteiger partial charge in [-0.2, -0.15) is 0 Å². The van der Waals surface area contributed by atoms with E-state index >= 15 is 0 Å². The first-order valence-corrected chi connectivity index (χ1v) is 10.8. The minimum Gasteiger partial charge on any atom is -0.366 e. The Balaban J connectivity index is 0.00000171. The predicted octanol–water partition coefficient (Wildman–Crippen LogP) is 5.82. The summed E-state index contributed by atoms with van der Waals surface area (Å²) >= 11 is 0. The van der Waals surface area contributed by atoms with Gasteiger partial charge in [-0.15, -0.1) is 24.8 Å². The van der Waals surface area contributed by atoms with Gasteiger partial charge in [-0.1, -0.05) is 60.7 Å². The molecule has 0 unspecified atom stereocenters. The van der Waals surface area contributed by atoms with E-state index < -0.39 is 5.91 Å². The fourth-order valence-corrected chi connectivity index (χ4v) is 4.21. The minimum absolute atomic E-state index is 0. The third-order valence-corrected chi connectivity index (χ3v) is 5.83. The Morgan fingerprint density at radius 3 is 1.94 bits per heavy atom. The SMILES string of the molecule is Cl.Cl.NC(=O)c1ccc2cc3cc4ccccc4cc3cc2c1NC(=O)CNCc1ccccc1. The van der Waals surface area contributed by atoms with Gasteiger partial charge >= 0.3 is 0 Å². The number of rotatable bonds is 6. The maximum absolute atomic E-state index is 12.7. The quantitative estimate of drug-likeness (QED) is 0.254. The van der Waals surface area contributed by atoms with Gasteiger partial charge in [-0.25, -0.2) is 0 Å². The molecule has 0 radical (unpaired) electrons. The maximum atomic E-state index is 12.7. The highest BCUT2D eigenvalue weighted by Gasteiger charge is 2.15. The van der Waals surface area contributed by atoms with E-state index in [9.17, 15) is 9.59 Å². The maximum Gasteiger partial charge on any atom is 0.250 e. The van der Waals surface area contributed by atoms with Crippen molar-refractivity contribution in [2.75, 3.05) is 11.9 Å². The molecule has 5 nitrogen and oxygen atoms in total. The number of primary amides is 1. The molecule has 0 spiro atoms. The topological polar surface area (TPSA) is 84.2 Å². The van der Waals surface area contributed by atoms with Gasteiger partial charge in [0.1, 0.15) is 0 Å². The second-order valence-corrected chi connectivity index (χ2v) is 8.11. The summed E-state index contributed by atoms with van der Waals surface area (Å²) in [5, 5.41) is 12.2. The van der Waals surface area contributed by atoms with E-state index in [1.807, 2.05) is 54.6 Å². The van der Waals surface area contributed by atoms with Crippen molar-refractivity contribution in [3.05, 3.63) is 102 Å². The molecule has 35 heavy (non-hydrogen) atoms. The highest BCUT2D eigenvalue weighted by Crippen LogP contribution is 2.33. The Morgan fingerprint density at radius 1 is 0.686 bits per heavy atom. The molecular formula is C28H25Cl2N3O2. The predicted molar refractivity (Wildman–Crippen MR) is 149 cm³/mol. The highest BCUT2D eigenvalue weighted by molar-refractivity contribution is 6.15. The zero-order valence-corrected chi connectivity index (χ0v) is 20.4. The number of hydrogen-bond donors (Lipinski definition) is 3. The summed E-state index contributed by atoms with van der Waals surface area (Å²) in [4.78, 5) is 24.9. The standard InChI is InChI=1S/C28H23N3O2.2ClH/c29-28(33)24-11-10-21-14-22-12-19-8-4-5-9-20(19)13-23(22)15-25(21)27(24)31-26(32)17-30-16-18-6-2-1-3-7-18;;/h1-15,30H,16-17H2,(H2,29,33)(H,31,32);2*1H. The van der Waals surface area contributed by atoms with Crippen LogP contribution in [0.25, 0.3) is 32.3 Å². The van der Waals surface area contributed by atoms with Gasteiger partial charge in [-0.3, -0.25) is 9.59 Å². The lowest BCUT2D eigenvalue weighted by atomic mass is 9.97. The molecule has 2 amide bonds. The number of hydrogen-bond acceptors (Lipinski definition) is 3. The third-order valence-electron chi connectivity index (χ3n) is 5.83. The zero-order chi connectivity index (χ0) is 22.8. The first-order chi connectivity index (χ1) is 16.1. The number of anilines is 1. The fourth-order valence-electron chi connectivity index (χ4n) is 4.21. The lowest BCUT2D eigenvalue weighted by molar-refractivity contribution is -0.115. The molecule has 0 aliphatic rings. The van der Waals surface area contributed by atoms with E-state index in [0.29, 0.717) is 17.8 Å². The molecule has 0 saturated carbocycles. The molecule has 5 aromatic carbocycles. The van der Waals surface area contributed by atoms with Crippen LogP contribution in [0, 0.1) is 0 Å². The number of nitrogens with two attached hydrogens (primary N) is 1. The number of carbonyl (C=O) groups is 2. The molecule has 0 atom stereocenters. The van der Waals surface area contributed by atoms with Crippen molar-refractivity contribution in [3.63, 3.8) is 0 Å². The van der Waals surface area contributed by atoms with Crippen LogP contribution in [-0.2, 0) is 11.3 Å². The molecule has 5 aromatic rings. The Hall–Kier alpha value is -3.64. The smallest absolute Gasteiger partial charge is 0.250 e. The van der Waals surface area contributed by atoms with Crippen molar-refractivity contribution in [2.24, 2.45) is 5.73 Å². The van der Waals surface area contributed by atoms with Crippen molar-refractivity contribution >= 4 is 74.6 Å². The number of carbonyl (C=O) groups excluding carboxylic acids is 2. The van der Waals surface area contributed by atoms with Gasteiger partial charge in [0.2, 0.25) is 5.91 Å². The van der Waals surface area contributed by atoms with Crippen LogP contribution in [0.2, 0.25) is 0 Å². The van der Waals surface area contributed by atoms with E-state index in [1.165, 1.54) is 0 Å². The zero-order valence-electron chi connectivity index (χ0n) is 18.8. The van der Waals surface area contributed by atoms with Crippen LogP contribution >= 0.6 is 24.8 Å². The summed E-state index contributed by atoms with van der Waals surface area (Å²) in [5.41, 5.74) is 7.47. The lowest BCUT2D eigenvalue weighted by Crippen LogP contribution is -2.28. The number of fused-ring (bicyclic) bond motifs is 3. The first kappa shape index (κ1) is 26.0. The summed E-state index contributed by atoms with van der Waals surface area (Å²) in [6, 6.07) is 29.9. The molecular weight excluding hydrogens is 481 g/mol. The number of amides is 2. The molecule has 0 heterocycles. The molecule has 0 bridgehead atoms. The summed E-state index contributed by atoms with van der Waals surface area (Å²) in [7, 11) is 0. The summed E-state index contributed by atoms with van der Waals surface area (Å²) < 4.78 is 0. The summed E-state index contributed by atoms with van der Waals surface area (Å²) in [6.07, 6.45) is 0. The van der Waals surface area contributed by atoms with Gasteiger partial charge in [0.25, 0.3) is 5.91 Å². The Morgan fingerprint density at radius 2 is 1.29 bits per heavy atom. The Labute approximate surface area is 215 Å². The van der Waals surface area contributed by atoms with Crippen molar-refractivity contribution in [2.45, 2.75) is 6.54 Å². The van der Waals surface area contributed by atoms with Gasteiger partial charge in [0.15, 0.2) is 0 Å². The third kappa shape index (κ3) is 5.54. The molecule has 0 aliphatic heterocycles. The first-order valence-electron chi connectivity index (χ1n) is 10.8. The highest BCUT2D eigenvalue weighted by atomic mass is 35.5. The average molecular weight is 506 g/mol. The minimum atomic E-state index is -0.581. The van der Waals surface area contributed by atoms with Crippen LogP contribution in [0.4, 0.5) is 5.69 Å². The van der Waals surface area contributed by atoms with E-state index in [2.05, 4.69) is 41.0 Å². The molecule has 7 heteroatoms. The van der Waals surface area contributed by atoms with E-state index in [0.717, 1.165) is 37.9 Å². The summed E-state index contributed by atoms with van der Waals surface area (Å²) in [5.74, 6) is -0.817. The Bertz CT molecular complexity index is 1520. The van der Waals surface area contributed by atoms with Crippen molar-refractivity contribution in [1.82, 2.24) is 5.32 Å². The van der Waals surface area contributed by atoms with Crippen LogP contribution in [0.5, 0.6) is 0 Å². The largest absolute Gasteiger partial charge is 0.366 e. The molecule has 4 N–H and O–H groups in total. The second kappa shape index (κ2) is 11.2. The number of halogens is 2. The second-order valence-electron chi connectivity index (χ2n) is 8.11. The Kier molecular flexibility index (Phi) is 8.30. The van der Waals surface area contributed by atoms with Crippen LogP contribution in [0.15, 0.2) is 91.0 Å². The van der Waals surface area contributed by atoms with Crippen LogP contribution in [-0.4, -0.2) is 18.4 Å². The molecule has 5 rings (SSSR count). The van der Waals surface area contributed by atoms with Crippen molar-refractivity contribution < 1.29 is 9.59 Å². The fraction of sp³-hybridized carbons (Fsp3) is 0.0714. The van der Waals surface area contributed by atoms with Gasteiger partial charge in [0.05, 0.1) is 17.8 Å².